The van der Waals surface area contributed by atoms with Crippen molar-refractivity contribution in [1.29, 1.82) is 0 Å². The van der Waals surface area contributed by atoms with Crippen molar-refractivity contribution in [2.75, 3.05) is 36.9 Å². The molecule has 2 amide bonds. The van der Waals surface area contributed by atoms with Crippen LogP contribution in [0, 0.1) is 0 Å². The lowest BCUT2D eigenvalue weighted by molar-refractivity contribution is -0.139. The molecule has 3 rings (SSSR count). The molecule has 0 aliphatic carbocycles. The molecule has 0 bridgehead atoms. The minimum atomic E-state index is -3.85. The van der Waals surface area contributed by atoms with Crippen molar-refractivity contribution in [2.24, 2.45) is 0 Å². The van der Waals surface area contributed by atoms with Crippen LogP contribution in [-0.2, 0) is 26.2 Å². The number of carbonyl (C=O) groups is 2. The molecule has 0 saturated heterocycles. The maximum Gasteiger partial charge on any atom is 0.244 e. The Kier molecular flexibility index (Phi) is 9.84. The molecule has 0 aromatic heterocycles. The van der Waals surface area contributed by atoms with Crippen LogP contribution in [0.4, 0.5) is 5.69 Å². The number of carbonyl (C=O) groups excluding carboxylic acids is 2. The minimum Gasteiger partial charge on any atom is -0.497 e. The maximum atomic E-state index is 13.8. The fraction of sp³-hybridized carbons (Fsp3) is 0.481. The summed E-state index contributed by atoms with van der Waals surface area (Å²) in [4.78, 5) is 28.2. The van der Waals surface area contributed by atoms with E-state index >= 15 is 0 Å². The lowest BCUT2D eigenvalue weighted by Crippen LogP contribution is -2.52. The number of benzene rings is 2. The van der Waals surface area contributed by atoms with Crippen LogP contribution in [0.3, 0.4) is 0 Å². The first kappa shape index (κ1) is 29.1. The van der Waals surface area contributed by atoms with Crippen LogP contribution in [-0.4, -0.2) is 69.8 Å². The number of hydrogen-bond acceptors (Lipinski definition) is 7. The van der Waals surface area contributed by atoms with Gasteiger partial charge in [-0.2, -0.15) is 0 Å². The van der Waals surface area contributed by atoms with Gasteiger partial charge < -0.3 is 24.4 Å². The highest BCUT2D eigenvalue weighted by Crippen LogP contribution is 2.35. The number of anilines is 1. The van der Waals surface area contributed by atoms with Gasteiger partial charge in [-0.15, -0.1) is 0 Å². The Balaban J connectivity index is 1.94. The van der Waals surface area contributed by atoms with Gasteiger partial charge in [0, 0.05) is 18.7 Å². The number of hydrogen-bond donors (Lipinski definition) is 1. The quantitative estimate of drug-likeness (QED) is 0.435. The van der Waals surface area contributed by atoms with E-state index in [1.807, 2.05) is 13.8 Å². The highest BCUT2D eigenvalue weighted by molar-refractivity contribution is 7.92. The molecule has 0 radical (unpaired) electrons. The largest absolute Gasteiger partial charge is 0.497 e. The summed E-state index contributed by atoms with van der Waals surface area (Å²) in [6, 6.07) is 11.0. The molecule has 0 saturated carbocycles. The Labute approximate surface area is 224 Å². The second-order valence-electron chi connectivity index (χ2n) is 9.10. The van der Waals surface area contributed by atoms with E-state index in [9.17, 15) is 18.0 Å². The van der Waals surface area contributed by atoms with Crippen molar-refractivity contribution in [2.45, 2.75) is 52.7 Å². The Bertz CT molecular complexity index is 1220. The minimum absolute atomic E-state index is 0.0717. The zero-order valence-corrected chi connectivity index (χ0v) is 23.4. The van der Waals surface area contributed by atoms with Gasteiger partial charge in [-0.25, -0.2) is 8.42 Å². The number of amides is 2. The molecule has 10 nitrogen and oxygen atoms in total. The van der Waals surface area contributed by atoms with Crippen molar-refractivity contribution < 1.29 is 32.2 Å². The van der Waals surface area contributed by atoms with E-state index in [1.165, 1.54) is 11.8 Å². The molecular weight excluding hydrogens is 510 g/mol. The van der Waals surface area contributed by atoms with E-state index < -0.39 is 28.5 Å². The first-order chi connectivity index (χ1) is 18.1. The number of rotatable bonds is 12. The van der Waals surface area contributed by atoms with Gasteiger partial charge >= 0.3 is 0 Å². The van der Waals surface area contributed by atoms with E-state index in [4.69, 9.17) is 14.2 Å². The van der Waals surface area contributed by atoms with Crippen LogP contribution < -0.4 is 23.8 Å². The van der Waals surface area contributed by atoms with Crippen LogP contribution >= 0.6 is 0 Å². The first-order valence-electron chi connectivity index (χ1n) is 12.7. The van der Waals surface area contributed by atoms with E-state index in [0.29, 0.717) is 30.5 Å². The van der Waals surface area contributed by atoms with Crippen molar-refractivity contribution >= 4 is 27.5 Å². The summed E-state index contributed by atoms with van der Waals surface area (Å²) < 4.78 is 43.7. The van der Waals surface area contributed by atoms with Crippen molar-refractivity contribution in [1.82, 2.24) is 10.2 Å². The molecule has 2 aromatic rings. The smallest absolute Gasteiger partial charge is 0.244 e. The van der Waals surface area contributed by atoms with Gasteiger partial charge in [-0.3, -0.25) is 13.9 Å². The van der Waals surface area contributed by atoms with Crippen molar-refractivity contribution in [3.63, 3.8) is 0 Å². The van der Waals surface area contributed by atoms with Gasteiger partial charge in [0.2, 0.25) is 21.8 Å². The summed E-state index contributed by atoms with van der Waals surface area (Å²) in [6.07, 6.45) is 0.734. The number of methoxy groups -OCH3 is 1. The molecule has 38 heavy (non-hydrogen) atoms. The van der Waals surface area contributed by atoms with Gasteiger partial charge in [0.25, 0.3) is 0 Å². The summed E-state index contributed by atoms with van der Waals surface area (Å²) in [6.45, 7) is 7.37. The van der Waals surface area contributed by atoms with Gasteiger partial charge in [0.1, 0.15) is 31.5 Å². The Hall–Kier alpha value is -3.47. The van der Waals surface area contributed by atoms with Crippen LogP contribution in [0.2, 0.25) is 0 Å². The molecule has 0 spiro atoms. The highest BCUT2D eigenvalue weighted by Gasteiger charge is 2.32. The Morgan fingerprint density at radius 1 is 1.03 bits per heavy atom. The van der Waals surface area contributed by atoms with E-state index in [-0.39, 0.29) is 29.9 Å². The molecule has 2 aromatic carbocycles. The summed E-state index contributed by atoms with van der Waals surface area (Å²) in [5.74, 6) is 0.542. The lowest BCUT2D eigenvalue weighted by atomic mass is 10.1. The number of fused-ring (bicyclic) bond motifs is 1. The number of nitrogens with zero attached hydrogens (tertiary/aromatic N) is 2. The third kappa shape index (κ3) is 7.09. The average molecular weight is 548 g/mol. The fourth-order valence-corrected chi connectivity index (χ4v) is 4.94. The summed E-state index contributed by atoms with van der Waals surface area (Å²) >= 11 is 0. The molecule has 1 aliphatic rings. The van der Waals surface area contributed by atoms with Crippen molar-refractivity contribution in [3.05, 3.63) is 48.0 Å². The zero-order chi connectivity index (χ0) is 27.9. The second kappa shape index (κ2) is 12.9. The Morgan fingerprint density at radius 3 is 2.29 bits per heavy atom. The predicted molar refractivity (Wildman–Crippen MR) is 145 cm³/mol. The summed E-state index contributed by atoms with van der Waals surface area (Å²) in [7, 11) is -2.28. The molecule has 0 fully saturated rings. The monoisotopic (exact) mass is 547 g/mol. The van der Waals surface area contributed by atoms with Crippen LogP contribution in [0.5, 0.6) is 17.2 Å². The second-order valence-corrected chi connectivity index (χ2v) is 11.3. The summed E-state index contributed by atoms with van der Waals surface area (Å²) in [5.41, 5.74) is 1.05. The van der Waals surface area contributed by atoms with Gasteiger partial charge in [-0.05, 0) is 57.0 Å². The summed E-state index contributed by atoms with van der Waals surface area (Å²) in [5, 5.41) is 2.91. The molecule has 0 unspecified atom stereocenters. The van der Waals surface area contributed by atoms with Crippen LogP contribution in [0.15, 0.2) is 42.5 Å². The molecule has 1 aliphatic heterocycles. The van der Waals surface area contributed by atoms with E-state index in [1.54, 1.807) is 56.5 Å². The van der Waals surface area contributed by atoms with Gasteiger partial charge in [-0.1, -0.05) is 19.1 Å². The molecular formula is C27H37N3O7S. The molecule has 1 heterocycles. The first-order valence-corrected chi connectivity index (χ1v) is 14.3. The molecule has 2 atom stereocenters. The number of nitrogens with one attached hydrogen (secondary N) is 1. The molecule has 208 valence electrons. The Morgan fingerprint density at radius 2 is 1.68 bits per heavy atom. The zero-order valence-electron chi connectivity index (χ0n) is 22.6. The van der Waals surface area contributed by atoms with Gasteiger partial charge in [0.05, 0.1) is 18.6 Å². The predicted octanol–water partition coefficient (Wildman–Crippen LogP) is 2.95. The standard InChI is InChI=1S/C27H37N3O7S/c1-6-19(3)28-27(32)20(4)29(17-21-8-11-23(35-5)12-9-21)26(31)18-30(38(33,34)7-2)22-10-13-24-25(16-22)37-15-14-36-24/h8-13,16,19-20H,6-7,14-15,17-18H2,1-5H3,(H,28,32)/t19-,20+/m0/s1. The normalized spacial score (nSPS) is 14.2. The topological polar surface area (TPSA) is 114 Å². The van der Waals surface area contributed by atoms with Gasteiger partial charge in [0.15, 0.2) is 11.5 Å². The third-order valence-corrected chi connectivity index (χ3v) is 8.21. The molecule has 11 heteroatoms. The highest BCUT2D eigenvalue weighted by atomic mass is 32.2. The maximum absolute atomic E-state index is 13.8. The average Bonchev–Trinajstić information content (AvgIpc) is 2.93. The lowest BCUT2D eigenvalue weighted by Gasteiger charge is -2.32. The molecule has 1 N–H and O–H groups in total. The van der Waals surface area contributed by atoms with E-state index in [2.05, 4.69) is 5.32 Å². The third-order valence-electron chi connectivity index (χ3n) is 6.47. The van der Waals surface area contributed by atoms with Crippen LogP contribution in [0.25, 0.3) is 0 Å². The van der Waals surface area contributed by atoms with Crippen LogP contribution in [0.1, 0.15) is 39.7 Å². The van der Waals surface area contributed by atoms with E-state index in [0.717, 1.165) is 16.3 Å². The SMILES string of the molecule is CC[C@H](C)NC(=O)[C@@H](C)N(Cc1ccc(OC)cc1)C(=O)CN(c1ccc2c(c1)OCCO2)S(=O)(=O)CC. The van der Waals surface area contributed by atoms with Crippen molar-refractivity contribution in [3.8, 4) is 17.2 Å². The number of ether oxygens (including phenoxy) is 3. The number of sulfonamides is 1. The fourth-order valence-electron chi connectivity index (χ4n) is 3.88.